The summed E-state index contributed by atoms with van der Waals surface area (Å²) in [6.07, 6.45) is 1.13. The molecule has 0 aromatic carbocycles. The first-order valence-corrected chi connectivity index (χ1v) is 4.68. The molecule has 4 nitrogen and oxygen atoms in total. The zero-order valence-corrected chi connectivity index (χ0v) is 6.80. The number of aromatic nitrogens is 2. The molecule has 1 aliphatic heterocycles. The number of thioether (sulfide) groups is 1. The van der Waals surface area contributed by atoms with Crippen LogP contribution in [0.2, 0.25) is 0 Å². The van der Waals surface area contributed by atoms with Crippen LogP contribution in [0, 0.1) is 0 Å². The minimum Gasteiger partial charge on any atom is -0.408 e. The minimum atomic E-state index is 0.178. The van der Waals surface area contributed by atoms with Crippen molar-refractivity contribution in [2.75, 3.05) is 17.2 Å². The van der Waals surface area contributed by atoms with Crippen molar-refractivity contribution < 1.29 is 4.42 Å². The van der Waals surface area contributed by atoms with E-state index >= 15 is 0 Å². The number of anilines is 1. The second-order valence-corrected chi connectivity index (χ2v) is 3.69. The van der Waals surface area contributed by atoms with E-state index in [9.17, 15) is 0 Å². The van der Waals surface area contributed by atoms with Crippen LogP contribution in [0.5, 0.6) is 0 Å². The van der Waals surface area contributed by atoms with Crippen LogP contribution in [0.4, 0.5) is 6.01 Å². The molecule has 1 aliphatic rings. The van der Waals surface area contributed by atoms with Crippen LogP contribution < -0.4 is 5.73 Å². The summed E-state index contributed by atoms with van der Waals surface area (Å²) in [6, 6.07) is 0.178. The average Bonchev–Trinajstić information content (AvgIpc) is 2.55. The van der Waals surface area contributed by atoms with E-state index in [1.807, 2.05) is 11.8 Å². The molecular formula is C6H9N3OS. The topological polar surface area (TPSA) is 64.9 Å². The normalized spacial score (nSPS) is 24.2. The van der Waals surface area contributed by atoms with Crippen LogP contribution in [-0.4, -0.2) is 21.7 Å². The van der Waals surface area contributed by atoms with Crippen LogP contribution in [0.3, 0.4) is 0 Å². The van der Waals surface area contributed by atoms with Crippen molar-refractivity contribution in [2.24, 2.45) is 0 Å². The van der Waals surface area contributed by atoms with E-state index in [0.29, 0.717) is 11.8 Å². The van der Waals surface area contributed by atoms with Gasteiger partial charge in [-0.3, -0.25) is 0 Å². The fourth-order valence-electron chi connectivity index (χ4n) is 1.14. The maximum atomic E-state index is 5.30. The molecule has 2 heterocycles. The molecule has 1 aromatic heterocycles. The molecule has 1 unspecified atom stereocenters. The van der Waals surface area contributed by atoms with Crippen molar-refractivity contribution in [1.29, 1.82) is 0 Å². The number of nitrogen functional groups attached to an aromatic ring is 1. The molecule has 1 saturated heterocycles. The first kappa shape index (κ1) is 6.97. The number of nitrogens with two attached hydrogens (primary N) is 1. The third-order valence-electron chi connectivity index (χ3n) is 1.74. The molecule has 2 rings (SSSR count). The summed E-state index contributed by atoms with van der Waals surface area (Å²) in [6.45, 7) is 0. The van der Waals surface area contributed by atoms with Crippen molar-refractivity contribution >= 4 is 17.8 Å². The molecule has 0 spiro atoms. The Morgan fingerprint density at radius 2 is 2.45 bits per heavy atom. The Labute approximate surface area is 68.6 Å². The molecule has 5 heteroatoms. The van der Waals surface area contributed by atoms with Crippen molar-refractivity contribution in [3.8, 4) is 0 Å². The van der Waals surface area contributed by atoms with Crippen molar-refractivity contribution in [1.82, 2.24) is 10.2 Å². The van der Waals surface area contributed by atoms with E-state index in [1.165, 1.54) is 5.75 Å². The highest BCUT2D eigenvalue weighted by molar-refractivity contribution is 7.99. The fraction of sp³-hybridized carbons (Fsp3) is 0.667. The van der Waals surface area contributed by atoms with Gasteiger partial charge in [0.1, 0.15) is 0 Å². The number of rotatable bonds is 1. The molecule has 0 bridgehead atoms. The van der Waals surface area contributed by atoms with Gasteiger partial charge >= 0.3 is 6.01 Å². The lowest BCUT2D eigenvalue weighted by Crippen LogP contribution is -1.95. The molecule has 1 atom stereocenters. The lowest BCUT2D eigenvalue weighted by Gasteiger charge is -1.98. The summed E-state index contributed by atoms with van der Waals surface area (Å²) in [5.41, 5.74) is 5.30. The Bertz CT molecular complexity index is 244. The average molecular weight is 171 g/mol. The van der Waals surface area contributed by atoms with Gasteiger partial charge in [0.2, 0.25) is 5.89 Å². The standard InChI is InChI=1S/C6H9N3OS/c7-6-9-8-5(10-6)4-1-2-11-3-4/h4H,1-3H2,(H2,7,9). The smallest absolute Gasteiger partial charge is 0.312 e. The van der Waals surface area contributed by atoms with Gasteiger partial charge in [0.05, 0.1) is 0 Å². The van der Waals surface area contributed by atoms with Gasteiger partial charge in [0, 0.05) is 11.7 Å². The SMILES string of the molecule is Nc1nnc(C2CCSC2)o1. The van der Waals surface area contributed by atoms with Gasteiger partial charge in [0.25, 0.3) is 0 Å². The third kappa shape index (κ3) is 1.33. The lowest BCUT2D eigenvalue weighted by molar-refractivity contribution is 0.474. The van der Waals surface area contributed by atoms with Crippen molar-refractivity contribution in [3.05, 3.63) is 5.89 Å². The molecule has 0 aliphatic carbocycles. The van der Waals surface area contributed by atoms with Gasteiger partial charge in [-0.05, 0) is 12.2 Å². The van der Waals surface area contributed by atoms with Crippen LogP contribution in [0.15, 0.2) is 4.42 Å². The molecule has 0 radical (unpaired) electrons. The lowest BCUT2D eigenvalue weighted by atomic mass is 10.1. The van der Waals surface area contributed by atoms with E-state index in [-0.39, 0.29) is 6.01 Å². The zero-order chi connectivity index (χ0) is 7.68. The summed E-state index contributed by atoms with van der Waals surface area (Å²) >= 11 is 1.92. The Morgan fingerprint density at radius 1 is 1.55 bits per heavy atom. The van der Waals surface area contributed by atoms with E-state index < -0.39 is 0 Å². The van der Waals surface area contributed by atoms with E-state index in [0.717, 1.165) is 12.2 Å². The second kappa shape index (κ2) is 2.73. The summed E-state index contributed by atoms with van der Waals surface area (Å²) in [5.74, 6) is 3.41. The first-order valence-electron chi connectivity index (χ1n) is 3.53. The molecule has 60 valence electrons. The quantitative estimate of drug-likeness (QED) is 0.679. The van der Waals surface area contributed by atoms with Gasteiger partial charge < -0.3 is 10.2 Å². The molecule has 2 N–H and O–H groups in total. The van der Waals surface area contributed by atoms with E-state index in [2.05, 4.69) is 10.2 Å². The summed E-state index contributed by atoms with van der Waals surface area (Å²) in [4.78, 5) is 0. The highest BCUT2D eigenvalue weighted by atomic mass is 32.2. The van der Waals surface area contributed by atoms with Crippen LogP contribution in [0.1, 0.15) is 18.2 Å². The van der Waals surface area contributed by atoms with E-state index in [1.54, 1.807) is 0 Å². The van der Waals surface area contributed by atoms with Gasteiger partial charge in [-0.1, -0.05) is 5.10 Å². The molecule has 0 amide bonds. The molecule has 1 fully saturated rings. The number of hydrogen-bond donors (Lipinski definition) is 1. The van der Waals surface area contributed by atoms with Gasteiger partial charge in [-0.2, -0.15) is 11.8 Å². The largest absolute Gasteiger partial charge is 0.408 e. The van der Waals surface area contributed by atoms with Gasteiger partial charge in [-0.25, -0.2) is 0 Å². The monoisotopic (exact) mass is 171 g/mol. The third-order valence-corrected chi connectivity index (χ3v) is 2.90. The molecular weight excluding hydrogens is 162 g/mol. The second-order valence-electron chi connectivity index (χ2n) is 2.54. The summed E-state index contributed by atoms with van der Waals surface area (Å²) < 4.78 is 5.11. The number of nitrogens with zero attached hydrogens (tertiary/aromatic N) is 2. The minimum absolute atomic E-state index is 0.178. The summed E-state index contributed by atoms with van der Waals surface area (Å²) in [7, 11) is 0. The maximum absolute atomic E-state index is 5.30. The van der Waals surface area contributed by atoms with E-state index in [4.69, 9.17) is 10.2 Å². The Kier molecular flexibility index (Phi) is 1.73. The highest BCUT2D eigenvalue weighted by Gasteiger charge is 2.22. The van der Waals surface area contributed by atoms with Gasteiger partial charge in [-0.15, -0.1) is 5.10 Å². The highest BCUT2D eigenvalue weighted by Crippen LogP contribution is 2.31. The van der Waals surface area contributed by atoms with Crippen molar-refractivity contribution in [3.63, 3.8) is 0 Å². The predicted octanol–water partition coefficient (Wildman–Crippen LogP) is 0.872. The van der Waals surface area contributed by atoms with Crippen LogP contribution in [-0.2, 0) is 0 Å². The van der Waals surface area contributed by atoms with Crippen molar-refractivity contribution in [2.45, 2.75) is 12.3 Å². The first-order chi connectivity index (χ1) is 5.36. The molecule has 11 heavy (non-hydrogen) atoms. The predicted molar refractivity (Wildman–Crippen MR) is 43.4 cm³/mol. The van der Waals surface area contributed by atoms with Crippen LogP contribution >= 0.6 is 11.8 Å². The Morgan fingerprint density at radius 3 is 3.00 bits per heavy atom. The zero-order valence-electron chi connectivity index (χ0n) is 5.99. The maximum Gasteiger partial charge on any atom is 0.312 e. The number of hydrogen-bond acceptors (Lipinski definition) is 5. The van der Waals surface area contributed by atoms with Crippen LogP contribution in [0.25, 0.3) is 0 Å². The molecule has 1 aromatic rings. The Balaban J connectivity index is 2.15. The fourth-order valence-corrected chi connectivity index (χ4v) is 2.35. The van der Waals surface area contributed by atoms with Gasteiger partial charge in [0.15, 0.2) is 0 Å². The Hall–Kier alpha value is -0.710. The summed E-state index contributed by atoms with van der Waals surface area (Å²) in [5, 5.41) is 7.46. The molecule has 0 saturated carbocycles.